The SMILES string of the molecule is CCSS(=O)(=O)O.[H-].[Na+]. The Morgan fingerprint density at radius 2 is 2.12 bits per heavy atom. The van der Waals surface area contributed by atoms with Crippen LogP contribution in [-0.2, 0) is 9.15 Å². The summed E-state index contributed by atoms with van der Waals surface area (Å²) >= 11 is 0. The number of hydrogen-bond donors (Lipinski definition) is 1. The molecule has 0 aromatic heterocycles. The van der Waals surface area contributed by atoms with Crippen LogP contribution in [0.25, 0.3) is 0 Å². The predicted molar refractivity (Wildman–Crippen MR) is 30.8 cm³/mol. The first-order chi connectivity index (χ1) is 3.06. The van der Waals surface area contributed by atoms with E-state index in [0.29, 0.717) is 16.5 Å². The van der Waals surface area contributed by atoms with Crippen LogP contribution in [0.3, 0.4) is 0 Å². The molecule has 0 aliphatic carbocycles. The molecule has 0 aliphatic heterocycles. The molecule has 3 nitrogen and oxygen atoms in total. The van der Waals surface area contributed by atoms with Crippen LogP contribution in [0, 0.1) is 0 Å². The van der Waals surface area contributed by atoms with Crippen molar-refractivity contribution in [3.63, 3.8) is 0 Å². The summed E-state index contributed by atoms with van der Waals surface area (Å²) in [6.07, 6.45) is 0. The Bertz CT molecular complexity index is 133. The minimum absolute atomic E-state index is 0. The second-order valence-corrected chi connectivity index (χ2v) is 4.47. The average Bonchev–Trinajstić information content (AvgIpc) is 1.30. The summed E-state index contributed by atoms with van der Waals surface area (Å²) in [7, 11) is -3.24. The third-order valence-corrected chi connectivity index (χ3v) is 2.40. The Labute approximate surface area is 76.2 Å². The van der Waals surface area contributed by atoms with Crippen LogP contribution in [0.5, 0.6) is 0 Å². The minimum atomic E-state index is -3.76. The van der Waals surface area contributed by atoms with Gasteiger partial charge in [-0.15, -0.1) is 0 Å². The summed E-state index contributed by atoms with van der Waals surface area (Å²) in [6, 6.07) is 0. The van der Waals surface area contributed by atoms with Crippen LogP contribution in [0.2, 0.25) is 0 Å². The van der Waals surface area contributed by atoms with E-state index >= 15 is 0 Å². The van der Waals surface area contributed by atoms with Crippen molar-refractivity contribution in [3.05, 3.63) is 0 Å². The largest absolute Gasteiger partial charge is 1.00 e. The quantitative estimate of drug-likeness (QED) is 0.284. The molecule has 0 aliphatic rings. The fraction of sp³-hybridized carbons (Fsp3) is 1.00. The van der Waals surface area contributed by atoms with Crippen molar-refractivity contribution < 1.29 is 44.0 Å². The van der Waals surface area contributed by atoms with E-state index in [-0.39, 0.29) is 31.0 Å². The molecule has 1 N–H and O–H groups in total. The molecule has 8 heavy (non-hydrogen) atoms. The normalized spacial score (nSPS) is 10.2. The van der Waals surface area contributed by atoms with Gasteiger partial charge in [0.05, 0.1) is 0 Å². The summed E-state index contributed by atoms with van der Waals surface area (Å²) < 4.78 is 27.5. The molecule has 0 aromatic carbocycles. The van der Waals surface area contributed by atoms with Gasteiger partial charge in [0.25, 0.3) is 0 Å². The summed E-state index contributed by atoms with van der Waals surface area (Å²) in [5.74, 6) is 0.388. The maximum atomic E-state index is 9.75. The van der Waals surface area contributed by atoms with Crippen LogP contribution in [0.15, 0.2) is 0 Å². The van der Waals surface area contributed by atoms with Gasteiger partial charge in [-0.25, -0.2) is 0 Å². The first kappa shape index (κ1) is 12.0. The molecule has 0 fully saturated rings. The van der Waals surface area contributed by atoms with Crippen molar-refractivity contribution in [1.82, 2.24) is 0 Å². The van der Waals surface area contributed by atoms with E-state index in [1.807, 2.05) is 0 Å². The first-order valence-electron chi connectivity index (χ1n) is 1.68. The van der Waals surface area contributed by atoms with Gasteiger partial charge in [-0.05, 0) is 10.8 Å². The number of hydrogen-bond acceptors (Lipinski definition) is 3. The summed E-state index contributed by atoms with van der Waals surface area (Å²) in [5, 5.41) is 0. The fourth-order valence-corrected chi connectivity index (χ4v) is 1.34. The zero-order valence-electron chi connectivity index (χ0n) is 5.79. The van der Waals surface area contributed by atoms with Gasteiger partial charge in [-0.1, -0.05) is 6.92 Å². The van der Waals surface area contributed by atoms with E-state index in [1.165, 1.54) is 0 Å². The second-order valence-electron chi connectivity index (χ2n) is 0.834. The number of rotatable bonds is 2. The summed E-state index contributed by atoms with van der Waals surface area (Å²) in [6.45, 7) is 1.65. The van der Waals surface area contributed by atoms with Crippen molar-refractivity contribution in [2.45, 2.75) is 6.92 Å². The van der Waals surface area contributed by atoms with Gasteiger partial charge >= 0.3 is 38.7 Å². The Morgan fingerprint density at radius 1 is 1.75 bits per heavy atom. The summed E-state index contributed by atoms with van der Waals surface area (Å²) in [5.41, 5.74) is 0. The van der Waals surface area contributed by atoms with Crippen LogP contribution >= 0.6 is 10.8 Å². The molecule has 0 saturated carbocycles. The zero-order chi connectivity index (χ0) is 5.91. The van der Waals surface area contributed by atoms with Gasteiger partial charge in [0, 0.05) is 5.75 Å². The Hall–Kier alpha value is 1.26. The Kier molecular flexibility index (Phi) is 7.61. The van der Waals surface area contributed by atoms with Crippen molar-refractivity contribution in [1.29, 1.82) is 0 Å². The van der Waals surface area contributed by atoms with Crippen LogP contribution in [0.1, 0.15) is 8.35 Å². The molecule has 0 atom stereocenters. The van der Waals surface area contributed by atoms with E-state index in [1.54, 1.807) is 6.92 Å². The predicted octanol–water partition coefficient (Wildman–Crippen LogP) is -2.34. The molecule has 0 unspecified atom stereocenters. The molecule has 0 aromatic rings. The second kappa shape index (κ2) is 5.08. The van der Waals surface area contributed by atoms with Crippen molar-refractivity contribution >= 4 is 19.9 Å². The standard InChI is InChI=1S/C2H6O3S2.Na.H/c1-2-6-7(3,4)5;;/h2H2,1H3,(H,3,4,5);;/q;+1;-1. The van der Waals surface area contributed by atoms with E-state index in [0.717, 1.165) is 0 Å². The topological polar surface area (TPSA) is 54.4 Å². The van der Waals surface area contributed by atoms with Gasteiger partial charge in [-0.2, -0.15) is 8.42 Å². The van der Waals surface area contributed by atoms with Crippen LogP contribution in [0.4, 0.5) is 0 Å². The molecule has 0 amide bonds. The maximum Gasteiger partial charge on any atom is 1.00 e. The molecular weight excluding hydrogens is 159 g/mol. The molecule has 0 saturated heterocycles. The first-order valence-corrected chi connectivity index (χ1v) is 4.62. The van der Waals surface area contributed by atoms with Gasteiger partial charge in [0.2, 0.25) is 0 Å². The Morgan fingerprint density at radius 3 is 2.12 bits per heavy atom. The molecule has 0 bridgehead atoms. The molecule has 0 rings (SSSR count). The van der Waals surface area contributed by atoms with E-state index in [9.17, 15) is 8.42 Å². The van der Waals surface area contributed by atoms with Crippen LogP contribution in [-0.4, -0.2) is 18.7 Å². The summed E-state index contributed by atoms with van der Waals surface area (Å²) in [4.78, 5) is 0. The van der Waals surface area contributed by atoms with Gasteiger partial charge in [0.15, 0.2) is 0 Å². The van der Waals surface area contributed by atoms with Crippen molar-refractivity contribution in [3.8, 4) is 0 Å². The molecule has 0 radical (unpaired) electrons. The van der Waals surface area contributed by atoms with E-state index in [2.05, 4.69) is 0 Å². The minimum Gasteiger partial charge on any atom is -1.00 e. The molecular formula is C2H7NaO3S2. The van der Waals surface area contributed by atoms with Crippen molar-refractivity contribution in [2.24, 2.45) is 0 Å². The van der Waals surface area contributed by atoms with Crippen LogP contribution < -0.4 is 29.6 Å². The van der Waals surface area contributed by atoms with E-state index in [4.69, 9.17) is 4.55 Å². The third-order valence-electron chi connectivity index (χ3n) is 0.267. The van der Waals surface area contributed by atoms with E-state index < -0.39 is 9.15 Å². The molecule has 46 valence electrons. The monoisotopic (exact) mass is 166 g/mol. The molecule has 6 heteroatoms. The average molecular weight is 166 g/mol. The fourth-order valence-electron chi connectivity index (χ4n) is 0.149. The molecule has 0 heterocycles. The molecule has 0 spiro atoms. The zero-order valence-corrected chi connectivity index (χ0v) is 8.42. The smallest absolute Gasteiger partial charge is 1.00 e. The van der Waals surface area contributed by atoms with Gasteiger partial charge in [-0.3, -0.25) is 4.55 Å². The van der Waals surface area contributed by atoms with Crippen molar-refractivity contribution in [2.75, 3.05) is 5.75 Å². The third kappa shape index (κ3) is 10.3. The Balaban J connectivity index is -0.000000180. The van der Waals surface area contributed by atoms with Gasteiger partial charge < -0.3 is 1.43 Å². The van der Waals surface area contributed by atoms with Gasteiger partial charge in [0.1, 0.15) is 0 Å². The maximum absolute atomic E-state index is 9.75.